The molecular formula is C6H10N2. The van der Waals surface area contributed by atoms with Crippen LogP contribution in [0, 0.1) is 0 Å². The van der Waals surface area contributed by atoms with Crippen LogP contribution in [0.5, 0.6) is 0 Å². The maximum atomic E-state index is 5.39. The highest BCUT2D eigenvalue weighted by Gasteiger charge is 1.85. The van der Waals surface area contributed by atoms with E-state index < -0.39 is 0 Å². The summed E-state index contributed by atoms with van der Waals surface area (Å²) in [4.78, 5) is 0. The third-order valence-electron chi connectivity index (χ3n) is 0.996. The van der Waals surface area contributed by atoms with Gasteiger partial charge in [-0.2, -0.15) is 0 Å². The van der Waals surface area contributed by atoms with Crippen LogP contribution in [0.3, 0.4) is 0 Å². The van der Waals surface area contributed by atoms with Gasteiger partial charge in [0.25, 0.3) is 0 Å². The van der Waals surface area contributed by atoms with Crippen LogP contribution in [0.4, 0.5) is 11.4 Å². The Balaban J connectivity index is 0.000000640. The molecule has 0 radical (unpaired) electrons. The molecule has 0 bridgehead atoms. The Kier molecular flexibility index (Phi) is 1.08. The molecule has 0 aliphatic heterocycles. The number of anilines is 2. The van der Waals surface area contributed by atoms with Crippen LogP contribution in [0.25, 0.3) is 0 Å². The molecule has 1 aromatic rings. The highest BCUT2D eigenvalue weighted by atomic mass is 14.7. The first kappa shape index (κ1) is 4.97. The maximum Gasteiger partial charge on any atom is 0.0547 e. The van der Waals surface area contributed by atoms with E-state index in [4.69, 9.17) is 11.5 Å². The summed E-state index contributed by atoms with van der Waals surface area (Å²) in [6.45, 7) is 0. The second-order valence-corrected chi connectivity index (χ2v) is 1.63. The Morgan fingerprint density at radius 1 is 1.00 bits per heavy atom. The number of nitrogens with two attached hydrogens (primary N) is 2. The van der Waals surface area contributed by atoms with Crippen LogP contribution >= 0.6 is 0 Å². The van der Waals surface area contributed by atoms with Gasteiger partial charge in [-0.25, -0.2) is 0 Å². The van der Waals surface area contributed by atoms with Gasteiger partial charge < -0.3 is 11.5 Å². The van der Waals surface area contributed by atoms with Crippen molar-refractivity contribution in [1.29, 1.82) is 0 Å². The zero-order valence-electron chi connectivity index (χ0n) is 4.46. The van der Waals surface area contributed by atoms with Gasteiger partial charge in [0.1, 0.15) is 0 Å². The van der Waals surface area contributed by atoms with Crippen LogP contribution in [-0.4, -0.2) is 0 Å². The van der Waals surface area contributed by atoms with Crippen molar-refractivity contribution in [3.63, 3.8) is 0 Å². The summed E-state index contributed by atoms with van der Waals surface area (Å²) in [5, 5.41) is 0. The highest BCUT2D eigenvalue weighted by Crippen LogP contribution is 2.10. The molecule has 2 nitrogen and oxygen atoms in total. The molecular weight excluding hydrogens is 100 g/mol. The topological polar surface area (TPSA) is 52.0 Å². The zero-order chi connectivity index (χ0) is 5.98. The van der Waals surface area contributed by atoms with E-state index in [0.717, 1.165) is 0 Å². The Labute approximate surface area is 49.6 Å². The lowest BCUT2D eigenvalue weighted by molar-refractivity contribution is 1.67. The number of hydrogen-bond donors (Lipinski definition) is 2. The van der Waals surface area contributed by atoms with Gasteiger partial charge in [-0.15, -0.1) is 0 Å². The predicted molar refractivity (Wildman–Crippen MR) is 37.4 cm³/mol. The molecule has 0 saturated heterocycles. The van der Waals surface area contributed by atoms with E-state index >= 15 is 0 Å². The predicted octanol–water partition coefficient (Wildman–Crippen LogP) is 1.10. The number of benzene rings is 1. The Hall–Kier alpha value is -1.18. The van der Waals surface area contributed by atoms with Crippen molar-refractivity contribution < 1.29 is 1.43 Å². The fourth-order valence-electron chi connectivity index (χ4n) is 0.511. The second kappa shape index (κ2) is 1.74. The molecule has 2 heteroatoms. The Morgan fingerprint density at radius 3 is 1.62 bits per heavy atom. The van der Waals surface area contributed by atoms with Crippen LogP contribution in [0.2, 0.25) is 0 Å². The summed E-state index contributed by atoms with van der Waals surface area (Å²) < 4.78 is 0. The molecule has 0 aromatic heterocycles. The molecule has 0 spiro atoms. The molecule has 4 N–H and O–H groups in total. The third-order valence-corrected chi connectivity index (χ3v) is 0.996. The maximum absolute atomic E-state index is 5.39. The number of para-hydroxylation sites is 2. The lowest BCUT2D eigenvalue weighted by Gasteiger charge is -1.94. The monoisotopic (exact) mass is 110 g/mol. The molecule has 0 amide bonds. The Morgan fingerprint density at radius 2 is 1.38 bits per heavy atom. The molecule has 0 aliphatic carbocycles. The van der Waals surface area contributed by atoms with Gasteiger partial charge in [0.05, 0.1) is 11.4 Å². The smallest absolute Gasteiger partial charge is 0.0547 e. The van der Waals surface area contributed by atoms with Gasteiger partial charge in [0.15, 0.2) is 0 Å². The standard InChI is InChI=1S/C6H8N2.H2/c7-5-3-1-2-4-6(5)8;/h1-4H,7-8H2;1H. The van der Waals surface area contributed by atoms with Gasteiger partial charge >= 0.3 is 0 Å². The van der Waals surface area contributed by atoms with Crippen molar-refractivity contribution >= 4 is 11.4 Å². The molecule has 8 heavy (non-hydrogen) atoms. The van der Waals surface area contributed by atoms with E-state index in [0.29, 0.717) is 11.4 Å². The van der Waals surface area contributed by atoms with Gasteiger partial charge in [0.2, 0.25) is 0 Å². The summed E-state index contributed by atoms with van der Waals surface area (Å²) in [6.07, 6.45) is 0. The van der Waals surface area contributed by atoms with Gasteiger partial charge in [-0.05, 0) is 12.1 Å². The van der Waals surface area contributed by atoms with E-state index in [1.54, 1.807) is 12.1 Å². The first-order valence-corrected chi connectivity index (χ1v) is 2.40. The van der Waals surface area contributed by atoms with E-state index in [1.807, 2.05) is 12.1 Å². The summed E-state index contributed by atoms with van der Waals surface area (Å²) in [7, 11) is 0. The van der Waals surface area contributed by atoms with E-state index in [2.05, 4.69) is 0 Å². The Bertz CT molecular complexity index is 167. The highest BCUT2D eigenvalue weighted by molar-refractivity contribution is 5.62. The average Bonchev–Trinajstić information content (AvgIpc) is 1.77. The minimum absolute atomic E-state index is 0. The zero-order valence-corrected chi connectivity index (χ0v) is 4.46. The fourth-order valence-corrected chi connectivity index (χ4v) is 0.511. The van der Waals surface area contributed by atoms with Crippen molar-refractivity contribution in [2.75, 3.05) is 11.5 Å². The number of rotatable bonds is 0. The summed E-state index contributed by atoms with van der Waals surface area (Å²) in [5.74, 6) is 0. The van der Waals surface area contributed by atoms with Crippen molar-refractivity contribution in [2.24, 2.45) is 0 Å². The number of nitrogen functional groups attached to an aromatic ring is 2. The van der Waals surface area contributed by atoms with Crippen LogP contribution in [0.1, 0.15) is 1.43 Å². The lowest BCUT2D eigenvalue weighted by atomic mass is 10.3. The SMILES string of the molecule is Nc1ccccc1N.[HH]. The summed E-state index contributed by atoms with van der Waals surface area (Å²) in [5.41, 5.74) is 12.1. The molecule has 1 aromatic carbocycles. The molecule has 0 unspecified atom stereocenters. The molecule has 1 rings (SSSR count). The molecule has 0 fully saturated rings. The lowest BCUT2D eigenvalue weighted by Crippen LogP contribution is -1.91. The third kappa shape index (κ3) is 0.729. The second-order valence-electron chi connectivity index (χ2n) is 1.63. The van der Waals surface area contributed by atoms with Crippen molar-refractivity contribution in [3.05, 3.63) is 24.3 Å². The van der Waals surface area contributed by atoms with E-state index in [9.17, 15) is 0 Å². The molecule has 0 aliphatic rings. The summed E-state index contributed by atoms with van der Waals surface area (Å²) in [6, 6.07) is 7.25. The molecule has 44 valence electrons. The minimum atomic E-state index is 0. The minimum Gasteiger partial charge on any atom is -0.397 e. The first-order chi connectivity index (χ1) is 3.80. The normalized spacial score (nSPS) is 9.00. The molecule has 0 atom stereocenters. The van der Waals surface area contributed by atoms with Gasteiger partial charge in [-0.1, -0.05) is 12.1 Å². The first-order valence-electron chi connectivity index (χ1n) is 2.40. The van der Waals surface area contributed by atoms with Crippen LogP contribution in [-0.2, 0) is 0 Å². The van der Waals surface area contributed by atoms with Crippen molar-refractivity contribution in [3.8, 4) is 0 Å². The molecule has 0 heterocycles. The van der Waals surface area contributed by atoms with Crippen LogP contribution in [0.15, 0.2) is 24.3 Å². The number of hydrogen-bond acceptors (Lipinski definition) is 2. The van der Waals surface area contributed by atoms with Gasteiger partial charge in [-0.3, -0.25) is 0 Å². The fraction of sp³-hybridized carbons (Fsp3) is 0. The summed E-state index contributed by atoms with van der Waals surface area (Å²) >= 11 is 0. The molecule has 0 saturated carbocycles. The van der Waals surface area contributed by atoms with Crippen molar-refractivity contribution in [1.82, 2.24) is 0 Å². The van der Waals surface area contributed by atoms with E-state index in [1.165, 1.54) is 0 Å². The largest absolute Gasteiger partial charge is 0.397 e. The van der Waals surface area contributed by atoms with Crippen molar-refractivity contribution in [2.45, 2.75) is 0 Å². The van der Waals surface area contributed by atoms with Crippen LogP contribution < -0.4 is 11.5 Å². The average molecular weight is 110 g/mol. The van der Waals surface area contributed by atoms with E-state index in [-0.39, 0.29) is 1.43 Å². The quantitative estimate of drug-likeness (QED) is 0.491. The van der Waals surface area contributed by atoms with Gasteiger partial charge in [0, 0.05) is 1.43 Å².